The largest absolute Gasteiger partial charge is 0.334 e. The highest BCUT2D eigenvalue weighted by Crippen LogP contribution is 2.21. The van der Waals surface area contributed by atoms with Crippen molar-refractivity contribution in [3.63, 3.8) is 0 Å². The van der Waals surface area contributed by atoms with Gasteiger partial charge in [0.15, 0.2) is 0 Å². The predicted octanol–water partition coefficient (Wildman–Crippen LogP) is 2.93. The van der Waals surface area contributed by atoms with Crippen molar-refractivity contribution in [1.82, 2.24) is 14.9 Å². The molecule has 9 heteroatoms. The van der Waals surface area contributed by atoms with Crippen molar-refractivity contribution in [2.45, 2.75) is 10.9 Å². The number of aromatic nitrogens is 3. The molecule has 0 aliphatic carbocycles. The predicted molar refractivity (Wildman–Crippen MR) is 91.7 cm³/mol. The summed E-state index contributed by atoms with van der Waals surface area (Å²) in [5.41, 5.74) is 3.73. The molecular weight excluding hydrogens is 335 g/mol. The molecular formula is C14H13FN6S2. The molecule has 118 valence electrons. The van der Waals surface area contributed by atoms with Gasteiger partial charge in [-0.1, -0.05) is 30.0 Å². The standard InChI is InChI=1S/C14H13FN6S2/c15-11-5-3-10(4-6-11)9-23-14-20-19-13(21(14)16)18-17-8-12-2-1-7-22-12/h1-8H,9,16H2,(H,18,19)/b17-8+. The van der Waals surface area contributed by atoms with E-state index in [1.54, 1.807) is 29.7 Å². The van der Waals surface area contributed by atoms with E-state index >= 15 is 0 Å². The Bertz CT molecular complexity index is 782. The van der Waals surface area contributed by atoms with E-state index in [2.05, 4.69) is 20.7 Å². The molecule has 0 saturated heterocycles. The third-order valence-electron chi connectivity index (χ3n) is 2.85. The Kier molecular flexibility index (Phi) is 4.89. The van der Waals surface area contributed by atoms with Crippen molar-refractivity contribution in [2.75, 3.05) is 11.3 Å². The van der Waals surface area contributed by atoms with Crippen LogP contribution in [-0.4, -0.2) is 21.1 Å². The van der Waals surface area contributed by atoms with Crippen molar-refractivity contribution >= 4 is 35.3 Å². The zero-order chi connectivity index (χ0) is 16.1. The fraction of sp³-hybridized carbons (Fsp3) is 0.0714. The number of rotatable bonds is 6. The first-order chi connectivity index (χ1) is 11.2. The Morgan fingerprint density at radius 3 is 2.87 bits per heavy atom. The van der Waals surface area contributed by atoms with E-state index in [-0.39, 0.29) is 5.82 Å². The third kappa shape index (κ3) is 4.08. The molecule has 0 atom stereocenters. The Hall–Kier alpha value is -2.39. The first kappa shape index (κ1) is 15.5. The van der Waals surface area contributed by atoms with Gasteiger partial charge >= 0.3 is 0 Å². The molecule has 6 nitrogen and oxygen atoms in total. The highest BCUT2D eigenvalue weighted by molar-refractivity contribution is 7.98. The molecule has 0 aliphatic heterocycles. The number of nitrogens with zero attached hydrogens (tertiary/aromatic N) is 4. The van der Waals surface area contributed by atoms with E-state index in [1.165, 1.54) is 28.6 Å². The highest BCUT2D eigenvalue weighted by atomic mass is 32.2. The normalized spacial score (nSPS) is 11.2. The fourth-order valence-electron chi connectivity index (χ4n) is 1.70. The average molecular weight is 348 g/mol. The van der Waals surface area contributed by atoms with Crippen molar-refractivity contribution in [2.24, 2.45) is 5.10 Å². The summed E-state index contributed by atoms with van der Waals surface area (Å²) in [6, 6.07) is 10.2. The summed E-state index contributed by atoms with van der Waals surface area (Å²) in [6.45, 7) is 0. The maximum atomic E-state index is 12.9. The van der Waals surface area contributed by atoms with E-state index in [0.29, 0.717) is 16.9 Å². The monoisotopic (exact) mass is 348 g/mol. The second-order valence-electron chi connectivity index (χ2n) is 4.48. The summed E-state index contributed by atoms with van der Waals surface area (Å²) in [4.78, 5) is 1.02. The van der Waals surface area contributed by atoms with Crippen LogP contribution in [0.15, 0.2) is 52.0 Å². The number of hydrazone groups is 1. The highest BCUT2D eigenvalue weighted by Gasteiger charge is 2.09. The van der Waals surface area contributed by atoms with Gasteiger partial charge in [0.05, 0.1) is 6.21 Å². The summed E-state index contributed by atoms with van der Waals surface area (Å²) in [5.74, 6) is 6.64. The van der Waals surface area contributed by atoms with Crippen LogP contribution in [0.3, 0.4) is 0 Å². The minimum atomic E-state index is -0.254. The first-order valence-electron chi connectivity index (χ1n) is 6.62. The average Bonchev–Trinajstić information content (AvgIpc) is 3.18. The van der Waals surface area contributed by atoms with Gasteiger partial charge in [-0.05, 0) is 29.1 Å². The first-order valence-corrected chi connectivity index (χ1v) is 8.49. The minimum Gasteiger partial charge on any atom is -0.334 e. The van der Waals surface area contributed by atoms with Crippen LogP contribution in [0, 0.1) is 5.82 Å². The van der Waals surface area contributed by atoms with Crippen molar-refractivity contribution in [3.8, 4) is 0 Å². The summed E-state index contributed by atoms with van der Waals surface area (Å²) in [6.07, 6.45) is 1.69. The van der Waals surface area contributed by atoms with Crippen LogP contribution in [0.5, 0.6) is 0 Å². The molecule has 3 N–H and O–H groups in total. The molecule has 2 aromatic heterocycles. The molecule has 0 unspecified atom stereocenters. The minimum absolute atomic E-state index is 0.254. The number of hydrogen-bond acceptors (Lipinski definition) is 7. The van der Waals surface area contributed by atoms with Gasteiger partial charge in [-0.25, -0.2) is 14.5 Å². The Morgan fingerprint density at radius 1 is 1.30 bits per heavy atom. The van der Waals surface area contributed by atoms with Crippen LogP contribution in [0.4, 0.5) is 10.3 Å². The van der Waals surface area contributed by atoms with Gasteiger partial charge in [0.25, 0.3) is 5.95 Å². The number of hydrogen-bond donors (Lipinski definition) is 2. The molecule has 2 heterocycles. The van der Waals surface area contributed by atoms with Gasteiger partial charge in [0.2, 0.25) is 5.16 Å². The molecule has 0 spiro atoms. The van der Waals surface area contributed by atoms with Crippen molar-refractivity contribution < 1.29 is 4.39 Å². The summed E-state index contributed by atoms with van der Waals surface area (Å²) in [5, 5.41) is 14.5. The van der Waals surface area contributed by atoms with E-state index in [0.717, 1.165) is 10.4 Å². The second kappa shape index (κ2) is 7.25. The third-order valence-corrected chi connectivity index (χ3v) is 4.67. The quantitative estimate of drug-likeness (QED) is 0.310. The number of anilines is 1. The topological polar surface area (TPSA) is 81.1 Å². The second-order valence-corrected chi connectivity index (χ2v) is 6.40. The molecule has 0 saturated carbocycles. The van der Waals surface area contributed by atoms with Gasteiger partial charge < -0.3 is 5.84 Å². The molecule has 0 aliphatic rings. The lowest BCUT2D eigenvalue weighted by Crippen LogP contribution is -2.13. The van der Waals surface area contributed by atoms with E-state index in [9.17, 15) is 4.39 Å². The van der Waals surface area contributed by atoms with E-state index < -0.39 is 0 Å². The van der Waals surface area contributed by atoms with Crippen LogP contribution in [0.1, 0.15) is 10.4 Å². The lowest BCUT2D eigenvalue weighted by atomic mass is 10.2. The Morgan fingerprint density at radius 2 is 2.13 bits per heavy atom. The zero-order valence-corrected chi connectivity index (χ0v) is 13.5. The number of nitrogens with one attached hydrogen (secondary N) is 1. The number of halogens is 1. The lowest BCUT2D eigenvalue weighted by molar-refractivity contribution is 0.627. The van der Waals surface area contributed by atoms with Crippen LogP contribution < -0.4 is 11.3 Å². The fourth-order valence-corrected chi connectivity index (χ4v) is 3.10. The Balaban J connectivity index is 1.59. The van der Waals surface area contributed by atoms with Gasteiger partial charge in [0, 0.05) is 10.6 Å². The van der Waals surface area contributed by atoms with Gasteiger partial charge in [-0.2, -0.15) is 5.10 Å². The molecule has 0 radical (unpaired) electrons. The van der Waals surface area contributed by atoms with E-state index in [4.69, 9.17) is 5.84 Å². The smallest absolute Gasteiger partial charge is 0.264 e. The van der Waals surface area contributed by atoms with E-state index in [1.807, 2.05) is 17.5 Å². The molecule has 0 bridgehead atoms. The van der Waals surface area contributed by atoms with Crippen molar-refractivity contribution in [3.05, 3.63) is 58.0 Å². The molecule has 1 aromatic carbocycles. The van der Waals surface area contributed by atoms with Gasteiger partial charge in [0.1, 0.15) is 5.82 Å². The molecule has 0 fully saturated rings. The number of nitrogen functional groups attached to an aromatic ring is 1. The number of thiophene rings is 1. The van der Waals surface area contributed by atoms with Crippen LogP contribution in [0.2, 0.25) is 0 Å². The zero-order valence-electron chi connectivity index (χ0n) is 11.9. The molecule has 23 heavy (non-hydrogen) atoms. The molecule has 3 rings (SSSR count). The van der Waals surface area contributed by atoms with Gasteiger partial charge in [-0.15, -0.1) is 21.5 Å². The summed E-state index contributed by atoms with van der Waals surface area (Å²) in [7, 11) is 0. The number of nitrogens with two attached hydrogens (primary N) is 1. The van der Waals surface area contributed by atoms with Gasteiger partial charge in [-0.3, -0.25) is 0 Å². The maximum Gasteiger partial charge on any atom is 0.264 e. The summed E-state index contributed by atoms with van der Waals surface area (Å²) >= 11 is 2.99. The number of benzene rings is 1. The molecule has 0 amide bonds. The summed E-state index contributed by atoms with van der Waals surface area (Å²) < 4.78 is 14.2. The maximum absolute atomic E-state index is 12.9. The van der Waals surface area contributed by atoms with Crippen molar-refractivity contribution in [1.29, 1.82) is 0 Å². The van der Waals surface area contributed by atoms with Crippen LogP contribution in [-0.2, 0) is 5.75 Å². The van der Waals surface area contributed by atoms with Crippen LogP contribution in [0.25, 0.3) is 0 Å². The Labute approximate surface area is 140 Å². The van der Waals surface area contributed by atoms with Crippen LogP contribution >= 0.6 is 23.1 Å². The molecule has 3 aromatic rings. The SMILES string of the molecule is Nn1c(N/N=C/c2cccs2)nnc1SCc1ccc(F)cc1. The lowest BCUT2D eigenvalue weighted by Gasteiger charge is -2.03. The number of thioether (sulfide) groups is 1.